The minimum absolute atomic E-state index is 0. The summed E-state index contributed by atoms with van der Waals surface area (Å²) in [6.45, 7) is 1.07. The molecule has 1 heterocycles. The summed E-state index contributed by atoms with van der Waals surface area (Å²) in [7, 11) is 1.80. The Bertz CT molecular complexity index is 319. The van der Waals surface area contributed by atoms with Gasteiger partial charge in [-0.15, -0.1) is 23.7 Å². The van der Waals surface area contributed by atoms with Crippen LogP contribution in [0.1, 0.15) is 12.0 Å². The van der Waals surface area contributed by atoms with Gasteiger partial charge in [0, 0.05) is 26.6 Å². The van der Waals surface area contributed by atoms with Gasteiger partial charge in [-0.25, -0.2) is 0 Å². The first kappa shape index (κ1) is 14.9. The Kier molecular flexibility index (Phi) is 7.17. The van der Waals surface area contributed by atoms with Crippen molar-refractivity contribution in [1.29, 1.82) is 0 Å². The Morgan fingerprint density at radius 3 is 2.80 bits per heavy atom. The van der Waals surface area contributed by atoms with Crippen LogP contribution in [0.3, 0.4) is 0 Å². The van der Waals surface area contributed by atoms with E-state index in [2.05, 4.69) is 15.9 Å². The highest BCUT2D eigenvalue weighted by atomic mass is 79.9. The summed E-state index contributed by atoms with van der Waals surface area (Å²) in [4.78, 5) is 13.1. The maximum Gasteiger partial charge on any atom is 0.223 e. The van der Waals surface area contributed by atoms with E-state index in [1.165, 1.54) is 0 Å². The fraction of sp³-hybridized carbons (Fsp3) is 0.444. The maximum atomic E-state index is 11.4. The smallest absolute Gasteiger partial charge is 0.223 e. The van der Waals surface area contributed by atoms with E-state index in [0.717, 1.165) is 9.35 Å². The van der Waals surface area contributed by atoms with E-state index in [9.17, 15) is 4.79 Å². The Balaban J connectivity index is 0.00000196. The third-order valence-corrected chi connectivity index (χ3v) is 3.38. The van der Waals surface area contributed by atoms with Crippen molar-refractivity contribution in [1.82, 2.24) is 4.90 Å². The van der Waals surface area contributed by atoms with Gasteiger partial charge in [-0.05, 0) is 32.9 Å². The maximum absolute atomic E-state index is 11.4. The van der Waals surface area contributed by atoms with Crippen LogP contribution in [-0.4, -0.2) is 24.4 Å². The first-order chi connectivity index (χ1) is 6.63. The van der Waals surface area contributed by atoms with E-state index in [1.807, 2.05) is 11.4 Å². The van der Waals surface area contributed by atoms with Crippen LogP contribution in [0.4, 0.5) is 0 Å². The van der Waals surface area contributed by atoms with Gasteiger partial charge in [0.2, 0.25) is 5.91 Å². The first-order valence-corrected chi connectivity index (χ1v) is 5.97. The van der Waals surface area contributed by atoms with Crippen molar-refractivity contribution in [2.24, 2.45) is 5.73 Å². The molecule has 0 saturated heterocycles. The molecule has 3 nitrogen and oxygen atoms in total. The summed E-state index contributed by atoms with van der Waals surface area (Å²) >= 11 is 5.01. The molecule has 0 aliphatic rings. The van der Waals surface area contributed by atoms with Gasteiger partial charge in [0.1, 0.15) is 0 Å². The molecule has 0 atom stereocenters. The molecule has 0 aromatic carbocycles. The molecule has 1 aromatic heterocycles. The number of nitrogens with two attached hydrogens (primary N) is 1. The van der Waals surface area contributed by atoms with Crippen molar-refractivity contribution in [2.45, 2.75) is 13.0 Å². The van der Waals surface area contributed by atoms with Crippen molar-refractivity contribution in [3.63, 3.8) is 0 Å². The predicted octanol–water partition coefficient (Wildman–Crippen LogP) is 2.24. The monoisotopic (exact) mass is 312 g/mol. The number of carbonyl (C=O) groups is 1. The Labute approximate surface area is 108 Å². The number of rotatable bonds is 4. The molecule has 0 saturated carbocycles. The summed E-state index contributed by atoms with van der Waals surface area (Å²) < 4.78 is 1.09. The summed E-state index contributed by atoms with van der Waals surface area (Å²) in [5.74, 6) is 0.0924. The summed E-state index contributed by atoms with van der Waals surface area (Å²) in [5.41, 5.74) is 6.46. The fourth-order valence-electron chi connectivity index (χ4n) is 1.11. The number of hydrogen-bond acceptors (Lipinski definition) is 3. The van der Waals surface area contributed by atoms with E-state index in [0.29, 0.717) is 19.5 Å². The normalized spacial score (nSPS) is 9.53. The minimum atomic E-state index is 0. The van der Waals surface area contributed by atoms with Crippen molar-refractivity contribution in [2.75, 3.05) is 13.6 Å². The van der Waals surface area contributed by atoms with Crippen LogP contribution in [0.15, 0.2) is 15.2 Å². The Morgan fingerprint density at radius 1 is 1.67 bits per heavy atom. The molecule has 1 rings (SSSR count). The Hall–Kier alpha value is -0.100. The molecule has 0 aliphatic heterocycles. The highest BCUT2D eigenvalue weighted by Gasteiger charge is 2.08. The molecule has 1 aromatic rings. The van der Waals surface area contributed by atoms with E-state index < -0.39 is 0 Å². The molecular weight excluding hydrogens is 300 g/mol. The number of hydrogen-bond donors (Lipinski definition) is 1. The fourth-order valence-corrected chi connectivity index (χ4v) is 2.31. The van der Waals surface area contributed by atoms with Crippen molar-refractivity contribution >= 4 is 45.6 Å². The van der Waals surface area contributed by atoms with E-state index in [4.69, 9.17) is 5.73 Å². The largest absolute Gasteiger partial charge is 0.341 e. The Morgan fingerprint density at radius 2 is 2.33 bits per heavy atom. The summed E-state index contributed by atoms with van der Waals surface area (Å²) in [6.07, 6.45) is 0.418. The first-order valence-electron chi connectivity index (χ1n) is 4.30. The molecule has 0 radical (unpaired) electrons. The zero-order valence-corrected chi connectivity index (χ0v) is 11.6. The zero-order chi connectivity index (χ0) is 10.6. The lowest BCUT2D eigenvalue weighted by atomic mass is 10.3. The standard InChI is InChI=1S/C9H13BrN2OS.ClH/c1-12(9(13)2-3-11)5-7-4-8(10)14-6-7;/h4,6H,2-3,5,11H2,1H3;1H. The lowest BCUT2D eigenvalue weighted by molar-refractivity contribution is -0.130. The molecule has 86 valence electrons. The molecule has 0 fully saturated rings. The van der Waals surface area contributed by atoms with Crippen molar-refractivity contribution in [3.8, 4) is 0 Å². The zero-order valence-electron chi connectivity index (χ0n) is 8.40. The number of amides is 1. The quantitative estimate of drug-likeness (QED) is 0.926. The van der Waals surface area contributed by atoms with Gasteiger partial charge in [0.15, 0.2) is 0 Å². The van der Waals surface area contributed by atoms with Crippen molar-refractivity contribution in [3.05, 3.63) is 20.8 Å². The van der Waals surface area contributed by atoms with Crippen LogP contribution in [0, 0.1) is 0 Å². The van der Waals surface area contributed by atoms with E-state index >= 15 is 0 Å². The van der Waals surface area contributed by atoms with Gasteiger partial charge in [-0.1, -0.05) is 0 Å². The van der Waals surface area contributed by atoms with Gasteiger partial charge < -0.3 is 10.6 Å². The molecular formula is C9H14BrClN2OS. The molecule has 0 spiro atoms. The van der Waals surface area contributed by atoms with E-state index in [-0.39, 0.29) is 18.3 Å². The average molecular weight is 314 g/mol. The molecule has 6 heteroatoms. The highest BCUT2D eigenvalue weighted by molar-refractivity contribution is 9.11. The predicted molar refractivity (Wildman–Crippen MR) is 69.4 cm³/mol. The van der Waals surface area contributed by atoms with Gasteiger partial charge >= 0.3 is 0 Å². The third kappa shape index (κ3) is 4.97. The third-order valence-electron chi connectivity index (χ3n) is 1.83. The number of halogens is 2. The second kappa shape index (κ2) is 7.22. The second-order valence-electron chi connectivity index (χ2n) is 3.05. The topological polar surface area (TPSA) is 46.3 Å². The van der Waals surface area contributed by atoms with Crippen LogP contribution >= 0.6 is 39.7 Å². The summed E-state index contributed by atoms with van der Waals surface area (Å²) in [5, 5.41) is 2.04. The van der Waals surface area contributed by atoms with Crippen LogP contribution in [0.25, 0.3) is 0 Å². The number of carbonyl (C=O) groups excluding carboxylic acids is 1. The van der Waals surface area contributed by atoms with Crippen LogP contribution < -0.4 is 5.73 Å². The second-order valence-corrected chi connectivity index (χ2v) is 5.34. The molecule has 1 amide bonds. The van der Waals surface area contributed by atoms with Crippen LogP contribution in [-0.2, 0) is 11.3 Å². The van der Waals surface area contributed by atoms with Gasteiger partial charge in [-0.2, -0.15) is 0 Å². The SMILES string of the molecule is CN(Cc1csc(Br)c1)C(=O)CCN.Cl. The molecule has 15 heavy (non-hydrogen) atoms. The van der Waals surface area contributed by atoms with Gasteiger partial charge in [0.05, 0.1) is 3.79 Å². The van der Waals surface area contributed by atoms with Crippen LogP contribution in [0.5, 0.6) is 0 Å². The molecule has 0 unspecified atom stereocenters. The molecule has 0 bridgehead atoms. The lowest BCUT2D eigenvalue weighted by Crippen LogP contribution is -2.27. The van der Waals surface area contributed by atoms with E-state index in [1.54, 1.807) is 23.3 Å². The lowest BCUT2D eigenvalue weighted by Gasteiger charge is -2.15. The highest BCUT2D eigenvalue weighted by Crippen LogP contribution is 2.21. The average Bonchev–Trinajstić information content (AvgIpc) is 2.51. The molecule has 0 aliphatic carbocycles. The number of thiophene rings is 1. The summed E-state index contributed by atoms with van der Waals surface area (Å²) in [6, 6.07) is 2.02. The van der Waals surface area contributed by atoms with Crippen LogP contribution in [0.2, 0.25) is 0 Å². The molecule has 2 N–H and O–H groups in total. The minimum Gasteiger partial charge on any atom is -0.341 e. The number of nitrogens with zero attached hydrogens (tertiary/aromatic N) is 1. The van der Waals surface area contributed by atoms with Gasteiger partial charge in [-0.3, -0.25) is 4.79 Å². The van der Waals surface area contributed by atoms with Crippen molar-refractivity contribution < 1.29 is 4.79 Å². The van der Waals surface area contributed by atoms with Gasteiger partial charge in [0.25, 0.3) is 0 Å².